The van der Waals surface area contributed by atoms with Crippen molar-refractivity contribution in [1.29, 1.82) is 0 Å². The molecule has 0 aliphatic carbocycles. The summed E-state index contributed by atoms with van der Waals surface area (Å²) in [6, 6.07) is 14.4. The first-order valence-electron chi connectivity index (χ1n) is 13.5. The number of benzene rings is 2. The number of nitrogens with one attached hydrogen (secondary N) is 1. The topological polar surface area (TPSA) is 82.6 Å². The Hall–Kier alpha value is -2.63. The molecule has 204 valence electrons. The zero-order valence-corrected chi connectivity index (χ0v) is 24.6. The predicted molar refractivity (Wildman–Crippen MR) is 159 cm³/mol. The van der Waals surface area contributed by atoms with Gasteiger partial charge in [-0.05, 0) is 73.7 Å². The normalized spacial score (nSPS) is 18.8. The van der Waals surface area contributed by atoms with E-state index in [1.54, 1.807) is 51.2 Å². The molecule has 7 nitrogen and oxygen atoms in total. The van der Waals surface area contributed by atoms with Gasteiger partial charge in [-0.2, -0.15) is 4.31 Å². The first-order chi connectivity index (χ1) is 18.8. The quantitative estimate of drug-likeness (QED) is 0.299. The van der Waals surface area contributed by atoms with Gasteiger partial charge in [0, 0.05) is 42.2 Å². The van der Waals surface area contributed by atoms with Crippen molar-refractivity contribution >= 4 is 53.8 Å². The van der Waals surface area contributed by atoms with Crippen molar-refractivity contribution in [3.63, 3.8) is 0 Å². The summed E-state index contributed by atoms with van der Waals surface area (Å²) in [5.74, 6) is 0.100. The molecule has 1 unspecified atom stereocenters. The number of para-hydroxylation sites is 1. The number of hydrogen-bond donors (Lipinski definition) is 1. The number of thiophene rings is 1. The van der Waals surface area contributed by atoms with Crippen LogP contribution in [0.3, 0.4) is 0 Å². The van der Waals surface area contributed by atoms with Crippen LogP contribution < -0.4 is 5.32 Å². The summed E-state index contributed by atoms with van der Waals surface area (Å²) in [5, 5.41) is 4.88. The standard InChI is InChI=1S/C29H32N4O3S3/c1-3-32-16-14-22-25(18-32)38-29(26(22)28-30-23-8-4-5-9-24(23)37-28)31-27(34)20-10-12-21(13-11-20)39(35,36)33-15-6-7-19(2)17-33/h4-5,8-13,19H,3,6-7,14-18H2,1-2H3,(H,31,34). The predicted octanol–water partition coefficient (Wildman–Crippen LogP) is 6.08. The van der Waals surface area contributed by atoms with Gasteiger partial charge in [0.2, 0.25) is 10.0 Å². The zero-order valence-electron chi connectivity index (χ0n) is 22.1. The summed E-state index contributed by atoms with van der Waals surface area (Å²) in [5.41, 5.74) is 3.69. The minimum atomic E-state index is -3.57. The van der Waals surface area contributed by atoms with Crippen molar-refractivity contribution in [3.05, 3.63) is 64.5 Å². The zero-order chi connectivity index (χ0) is 27.1. The van der Waals surface area contributed by atoms with Gasteiger partial charge in [-0.15, -0.1) is 22.7 Å². The van der Waals surface area contributed by atoms with Crippen molar-refractivity contribution in [2.24, 2.45) is 5.92 Å². The molecule has 0 radical (unpaired) electrons. The minimum absolute atomic E-state index is 0.231. The first-order valence-corrected chi connectivity index (χ1v) is 16.5. The maximum atomic E-state index is 13.4. The van der Waals surface area contributed by atoms with E-state index in [2.05, 4.69) is 30.1 Å². The highest BCUT2D eigenvalue weighted by Gasteiger charge is 2.30. The molecule has 1 amide bonds. The molecule has 0 bridgehead atoms. The summed E-state index contributed by atoms with van der Waals surface area (Å²) in [7, 11) is -3.57. The molecule has 4 heterocycles. The van der Waals surface area contributed by atoms with Crippen molar-refractivity contribution in [2.75, 3.05) is 31.5 Å². The molecule has 1 saturated heterocycles. The van der Waals surface area contributed by atoms with Crippen molar-refractivity contribution in [3.8, 4) is 10.6 Å². The molecule has 1 N–H and O–H groups in total. The highest BCUT2D eigenvalue weighted by molar-refractivity contribution is 7.89. The van der Waals surface area contributed by atoms with E-state index in [9.17, 15) is 13.2 Å². The Morgan fingerprint density at radius 1 is 1.10 bits per heavy atom. The Morgan fingerprint density at radius 2 is 1.90 bits per heavy atom. The van der Waals surface area contributed by atoms with E-state index in [1.807, 2.05) is 18.2 Å². The van der Waals surface area contributed by atoms with E-state index in [0.29, 0.717) is 24.6 Å². The fourth-order valence-electron chi connectivity index (χ4n) is 5.49. The monoisotopic (exact) mass is 580 g/mol. The Bertz CT molecular complexity index is 1590. The van der Waals surface area contributed by atoms with Gasteiger partial charge in [0.15, 0.2) is 0 Å². The van der Waals surface area contributed by atoms with E-state index in [-0.39, 0.29) is 10.8 Å². The summed E-state index contributed by atoms with van der Waals surface area (Å²) in [6.07, 6.45) is 2.84. The van der Waals surface area contributed by atoms with Crippen LogP contribution >= 0.6 is 22.7 Å². The molecule has 2 aliphatic heterocycles. The van der Waals surface area contributed by atoms with Crippen molar-refractivity contribution in [2.45, 2.75) is 44.6 Å². The number of thiazole rings is 1. The highest BCUT2D eigenvalue weighted by Crippen LogP contribution is 2.45. The Labute approximate surface area is 237 Å². The fourth-order valence-corrected chi connectivity index (χ4v) is 9.48. The lowest BCUT2D eigenvalue weighted by atomic mass is 10.0. The first kappa shape index (κ1) is 26.6. The number of hydrogen-bond acceptors (Lipinski definition) is 7. The smallest absolute Gasteiger partial charge is 0.256 e. The number of nitrogens with zero attached hydrogens (tertiary/aromatic N) is 3. The van der Waals surface area contributed by atoms with Gasteiger partial charge in [0.1, 0.15) is 10.0 Å². The van der Waals surface area contributed by atoms with Gasteiger partial charge in [-0.1, -0.05) is 26.0 Å². The molecule has 39 heavy (non-hydrogen) atoms. The summed E-state index contributed by atoms with van der Waals surface area (Å²) >= 11 is 3.27. The third-order valence-corrected chi connectivity index (χ3v) is 11.8. The van der Waals surface area contributed by atoms with Crippen LogP contribution in [-0.2, 0) is 23.0 Å². The van der Waals surface area contributed by atoms with Crippen molar-refractivity contribution < 1.29 is 13.2 Å². The number of likely N-dealkylation sites (N-methyl/N-ethyl adjacent to an activating group) is 1. The molecular weight excluding hydrogens is 549 g/mol. The number of carbonyl (C=O) groups excluding carboxylic acids is 1. The van der Waals surface area contributed by atoms with Crippen LogP contribution in [0.2, 0.25) is 0 Å². The Balaban J connectivity index is 1.29. The molecular formula is C29H32N4O3S3. The highest BCUT2D eigenvalue weighted by atomic mass is 32.2. The number of amides is 1. The molecule has 0 spiro atoms. The molecule has 4 aromatic rings. The summed E-state index contributed by atoms with van der Waals surface area (Å²) < 4.78 is 29.0. The molecule has 2 aliphatic rings. The Morgan fingerprint density at radius 3 is 2.64 bits per heavy atom. The molecule has 0 saturated carbocycles. The van der Waals surface area contributed by atoms with Crippen molar-refractivity contribution in [1.82, 2.24) is 14.2 Å². The third kappa shape index (κ3) is 5.16. The van der Waals surface area contributed by atoms with E-state index in [4.69, 9.17) is 4.98 Å². The van der Waals surface area contributed by atoms with E-state index in [0.717, 1.165) is 64.7 Å². The van der Waals surface area contributed by atoms with E-state index in [1.165, 1.54) is 10.4 Å². The van der Waals surface area contributed by atoms with Crippen LogP contribution in [0.15, 0.2) is 53.4 Å². The molecule has 2 aromatic carbocycles. The average Bonchev–Trinajstić information content (AvgIpc) is 3.53. The molecule has 1 atom stereocenters. The van der Waals surface area contributed by atoms with Gasteiger partial charge >= 0.3 is 0 Å². The Kier molecular flexibility index (Phi) is 7.32. The van der Waals surface area contributed by atoms with Crippen LogP contribution in [-0.4, -0.2) is 54.7 Å². The number of anilines is 1. The fraction of sp³-hybridized carbons (Fsp3) is 0.379. The number of aromatic nitrogens is 1. The number of rotatable bonds is 6. The number of carbonyl (C=O) groups is 1. The van der Waals surface area contributed by atoms with E-state index < -0.39 is 10.0 Å². The van der Waals surface area contributed by atoms with Crippen LogP contribution in [0.25, 0.3) is 20.8 Å². The summed E-state index contributed by atoms with van der Waals surface area (Å²) in [6.45, 7) is 8.18. The largest absolute Gasteiger partial charge is 0.313 e. The number of fused-ring (bicyclic) bond motifs is 2. The maximum absolute atomic E-state index is 13.4. The van der Waals surface area contributed by atoms with Crippen LogP contribution in [0, 0.1) is 5.92 Å². The van der Waals surface area contributed by atoms with Gasteiger partial charge < -0.3 is 5.32 Å². The number of piperidine rings is 1. The van der Waals surface area contributed by atoms with Crippen LogP contribution in [0.4, 0.5) is 5.00 Å². The minimum Gasteiger partial charge on any atom is -0.313 e. The lowest BCUT2D eigenvalue weighted by Crippen LogP contribution is -2.39. The van der Waals surface area contributed by atoms with Gasteiger partial charge in [-0.3, -0.25) is 9.69 Å². The lowest BCUT2D eigenvalue weighted by molar-refractivity contribution is 0.102. The van der Waals surface area contributed by atoms with Crippen LogP contribution in [0.5, 0.6) is 0 Å². The lowest BCUT2D eigenvalue weighted by Gasteiger charge is -2.30. The van der Waals surface area contributed by atoms with Gasteiger partial charge in [0.05, 0.1) is 15.1 Å². The van der Waals surface area contributed by atoms with Gasteiger partial charge in [0.25, 0.3) is 5.91 Å². The van der Waals surface area contributed by atoms with Gasteiger partial charge in [-0.25, -0.2) is 13.4 Å². The average molecular weight is 581 g/mol. The second-order valence-corrected chi connectivity index (χ2v) is 14.5. The molecule has 1 fully saturated rings. The van der Waals surface area contributed by atoms with Crippen LogP contribution in [0.1, 0.15) is 47.5 Å². The van der Waals surface area contributed by atoms with E-state index >= 15 is 0 Å². The second kappa shape index (κ2) is 10.7. The molecule has 6 rings (SSSR count). The number of sulfonamides is 1. The SMILES string of the molecule is CCN1CCc2c(sc(NC(=O)c3ccc(S(=O)(=O)N4CCCC(C)C4)cc3)c2-c2nc3ccccc3s2)C1. The molecule has 2 aromatic heterocycles. The maximum Gasteiger partial charge on any atom is 0.256 e. The molecule has 10 heteroatoms. The summed E-state index contributed by atoms with van der Waals surface area (Å²) in [4.78, 5) is 22.2. The third-order valence-electron chi connectivity index (χ3n) is 7.69. The second-order valence-electron chi connectivity index (χ2n) is 10.4.